The number of unbranched alkanes of at least 4 members (excludes halogenated alkanes) is 2. The minimum atomic E-state index is -4.55. The fourth-order valence-electron chi connectivity index (χ4n) is 4.03. The molecule has 0 bridgehead atoms. The highest BCUT2D eigenvalue weighted by atomic mass is 19.4. The van der Waals surface area contributed by atoms with Crippen molar-refractivity contribution in [2.75, 3.05) is 19.8 Å². The number of alkyl carbamates (subject to hydrolysis) is 1. The van der Waals surface area contributed by atoms with Gasteiger partial charge in [-0.2, -0.15) is 13.2 Å². The van der Waals surface area contributed by atoms with Crippen LogP contribution in [0.5, 0.6) is 5.75 Å². The molecule has 0 spiro atoms. The Hall–Kier alpha value is -2.00. The molecule has 0 aliphatic carbocycles. The number of alkyl halides is 3. The van der Waals surface area contributed by atoms with Gasteiger partial charge in [0.05, 0.1) is 30.9 Å². The van der Waals surface area contributed by atoms with Gasteiger partial charge in [-0.05, 0) is 77.5 Å². The van der Waals surface area contributed by atoms with Crippen molar-refractivity contribution < 1.29 is 36.9 Å². The molecular weight excluding hydrogens is 487 g/mol. The van der Waals surface area contributed by atoms with Crippen LogP contribution in [0, 0.1) is 5.92 Å². The van der Waals surface area contributed by atoms with E-state index in [1.807, 2.05) is 6.92 Å². The van der Waals surface area contributed by atoms with Crippen molar-refractivity contribution in [3.63, 3.8) is 0 Å². The van der Waals surface area contributed by atoms with Gasteiger partial charge in [0, 0.05) is 0 Å². The third-order valence-corrected chi connectivity index (χ3v) is 6.22. The number of ether oxygens (including phenoxy) is 4. The Morgan fingerprint density at radius 1 is 1.14 bits per heavy atom. The van der Waals surface area contributed by atoms with E-state index in [4.69, 9.17) is 18.9 Å². The largest absolute Gasteiger partial charge is 0.493 e. The third-order valence-electron chi connectivity index (χ3n) is 6.22. The Bertz CT molecular complexity index is 870. The summed E-state index contributed by atoms with van der Waals surface area (Å²) in [5, 5.41) is 2.85. The zero-order chi connectivity index (χ0) is 27.9. The zero-order valence-corrected chi connectivity index (χ0v) is 23.3. The fraction of sp³-hybridized carbons (Fsp3) is 0.750. The highest BCUT2D eigenvalue weighted by molar-refractivity contribution is 5.69. The van der Waals surface area contributed by atoms with Gasteiger partial charge >= 0.3 is 12.3 Å². The Morgan fingerprint density at radius 2 is 1.78 bits per heavy atom. The molecule has 37 heavy (non-hydrogen) atoms. The van der Waals surface area contributed by atoms with Crippen LogP contribution in [0.15, 0.2) is 18.2 Å². The van der Waals surface area contributed by atoms with E-state index in [2.05, 4.69) is 12.2 Å². The van der Waals surface area contributed by atoms with Gasteiger partial charge in [-0.1, -0.05) is 39.2 Å². The third kappa shape index (κ3) is 10.7. The van der Waals surface area contributed by atoms with E-state index in [1.54, 1.807) is 40.7 Å². The van der Waals surface area contributed by atoms with E-state index >= 15 is 0 Å². The topological polar surface area (TPSA) is 66.0 Å². The molecule has 1 fully saturated rings. The van der Waals surface area contributed by atoms with Gasteiger partial charge in [0.2, 0.25) is 0 Å². The number of halogens is 3. The quantitative estimate of drug-likeness (QED) is 0.304. The number of hydrogen-bond donors (Lipinski definition) is 1. The van der Waals surface area contributed by atoms with Gasteiger partial charge in [0.15, 0.2) is 5.79 Å². The Kier molecular flexibility index (Phi) is 10.7. The summed E-state index contributed by atoms with van der Waals surface area (Å²) in [5.74, 6) is -0.817. The molecule has 0 radical (unpaired) electrons. The number of rotatable bonds is 11. The zero-order valence-electron chi connectivity index (χ0n) is 23.3. The SMILES string of the molecule is CCCCCC(C)COc1ccc(CCC2(NC(=O)OC(C)(C)C)COC(C)(C)OC2)cc1C(F)(F)F. The van der Waals surface area contributed by atoms with Crippen LogP contribution in [0.25, 0.3) is 0 Å². The maximum atomic E-state index is 13.9. The van der Waals surface area contributed by atoms with E-state index in [-0.39, 0.29) is 37.9 Å². The van der Waals surface area contributed by atoms with Crippen molar-refractivity contribution in [2.24, 2.45) is 5.92 Å². The molecule has 0 aromatic heterocycles. The van der Waals surface area contributed by atoms with E-state index in [1.165, 1.54) is 6.07 Å². The molecule has 1 aliphatic rings. The maximum Gasteiger partial charge on any atom is 0.419 e. The molecule has 1 heterocycles. The number of carbonyl (C=O) groups excluding carboxylic acids is 1. The van der Waals surface area contributed by atoms with E-state index in [0.717, 1.165) is 31.7 Å². The van der Waals surface area contributed by atoms with Crippen LogP contribution < -0.4 is 10.1 Å². The second-order valence-electron chi connectivity index (χ2n) is 11.6. The normalized spacial score (nSPS) is 18.2. The summed E-state index contributed by atoms with van der Waals surface area (Å²) in [7, 11) is 0. The Morgan fingerprint density at radius 3 is 2.35 bits per heavy atom. The molecule has 1 unspecified atom stereocenters. The van der Waals surface area contributed by atoms with Crippen molar-refractivity contribution in [2.45, 2.75) is 110 Å². The minimum absolute atomic E-state index is 0.141. The smallest absolute Gasteiger partial charge is 0.419 e. The number of aryl methyl sites for hydroxylation is 1. The number of nitrogens with one attached hydrogen (secondary N) is 1. The summed E-state index contributed by atoms with van der Waals surface area (Å²) >= 11 is 0. The molecule has 212 valence electrons. The van der Waals surface area contributed by atoms with Gasteiger partial charge in [-0.15, -0.1) is 0 Å². The lowest BCUT2D eigenvalue weighted by molar-refractivity contribution is -0.271. The van der Waals surface area contributed by atoms with Crippen LogP contribution in [-0.4, -0.2) is 42.8 Å². The van der Waals surface area contributed by atoms with E-state index in [0.29, 0.717) is 12.0 Å². The molecule has 1 saturated heterocycles. The van der Waals surface area contributed by atoms with Crippen LogP contribution in [-0.2, 0) is 26.8 Å². The molecule has 1 aliphatic heterocycles. The molecule has 1 N–H and O–H groups in total. The van der Waals surface area contributed by atoms with Crippen LogP contribution >= 0.6 is 0 Å². The predicted octanol–water partition coefficient (Wildman–Crippen LogP) is 7.28. The standard InChI is InChI=1S/C28H44F3NO5/c1-8-9-10-11-20(2)17-34-23-13-12-21(16-22(23)28(29,30)31)14-15-27(18-35-26(6,7)36-19-27)32-24(33)37-25(3,4)5/h12-13,16,20H,8-11,14-15,17-19H2,1-7H3,(H,32,33). The lowest BCUT2D eigenvalue weighted by Gasteiger charge is -2.44. The molecule has 9 heteroatoms. The first-order chi connectivity index (χ1) is 17.0. The minimum Gasteiger partial charge on any atom is -0.493 e. The van der Waals surface area contributed by atoms with Crippen LogP contribution in [0.1, 0.15) is 91.7 Å². The first kappa shape index (κ1) is 31.2. The lowest BCUT2D eigenvalue weighted by atomic mass is 9.91. The maximum absolute atomic E-state index is 13.9. The summed E-state index contributed by atoms with van der Waals surface area (Å²) in [6.45, 7) is 13.4. The molecule has 1 atom stereocenters. The molecule has 1 amide bonds. The van der Waals surface area contributed by atoms with Crippen molar-refractivity contribution in [3.05, 3.63) is 29.3 Å². The van der Waals surface area contributed by atoms with E-state index in [9.17, 15) is 18.0 Å². The molecule has 0 saturated carbocycles. The van der Waals surface area contributed by atoms with Crippen molar-refractivity contribution in [1.29, 1.82) is 0 Å². The highest BCUT2D eigenvalue weighted by Crippen LogP contribution is 2.38. The predicted molar refractivity (Wildman–Crippen MR) is 137 cm³/mol. The molecule has 1 aromatic carbocycles. The van der Waals surface area contributed by atoms with E-state index < -0.39 is 34.8 Å². The summed E-state index contributed by atoms with van der Waals surface area (Å²) in [6, 6.07) is 4.16. The van der Waals surface area contributed by atoms with Gasteiger partial charge in [0.25, 0.3) is 0 Å². The summed E-state index contributed by atoms with van der Waals surface area (Å²) in [6.07, 6.45) is -0.468. The van der Waals surface area contributed by atoms with Gasteiger partial charge in [-0.3, -0.25) is 0 Å². The van der Waals surface area contributed by atoms with Gasteiger partial charge in [0.1, 0.15) is 11.4 Å². The molecule has 6 nitrogen and oxygen atoms in total. The highest BCUT2D eigenvalue weighted by Gasteiger charge is 2.42. The number of amides is 1. The second-order valence-corrected chi connectivity index (χ2v) is 11.6. The number of benzene rings is 1. The fourth-order valence-corrected chi connectivity index (χ4v) is 4.03. The number of hydrogen-bond acceptors (Lipinski definition) is 5. The molecular formula is C28H44F3NO5. The van der Waals surface area contributed by atoms with Crippen LogP contribution in [0.4, 0.5) is 18.0 Å². The summed E-state index contributed by atoms with van der Waals surface area (Å²) in [5.41, 5.74) is -1.96. The van der Waals surface area contributed by atoms with Gasteiger partial charge < -0.3 is 24.3 Å². The van der Waals surface area contributed by atoms with Crippen molar-refractivity contribution in [3.8, 4) is 5.75 Å². The van der Waals surface area contributed by atoms with Gasteiger partial charge in [-0.25, -0.2) is 4.79 Å². The van der Waals surface area contributed by atoms with Crippen LogP contribution in [0.2, 0.25) is 0 Å². The monoisotopic (exact) mass is 531 g/mol. The average molecular weight is 532 g/mol. The number of carbonyl (C=O) groups is 1. The molecule has 1 aromatic rings. The lowest BCUT2D eigenvalue weighted by Crippen LogP contribution is -2.61. The average Bonchev–Trinajstić information content (AvgIpc) is 2.77. The first-order valence-electron chi connectivity index (χ1n) is 13.2. The Balaban J connectivity index is 2.15. The second kappa shape index (κ2) is 12.7. The Labute approximate surface area is 219 Å². The molecule has 2 rings (SSSR count). The van der Waals surface area contributed by atoms with Crippen LogP contribution in [0.3, 0.4) is 0 Å². The van der Waals surface area contributed by atoms with Crippen molar-refractivity contribution in [1.82, 2.24) is 5.32 Å². The first-order valence-corrected chi connectivity index (χ1v) is 13.2. The summed E-state index contributed by atoms with van der Waals surface area (Å²) in [4.78, 5) is 12.5. The van der Waals surface area contributed by atoms with Crippen molar-refractivity contribution >= 4 is 6.09 Å². The summed E-state index contributed by atoms with van der Waals surface area (Å²) < 4.78 is 64.3.